The van der Waals surface area contributed by atoms with Gasteiger partial charge in [0, 0.05) is 18.0 Å². The molecule has 0 aromatic carbocycles. The van der Waals surface area contributed by atoms with E-state index in [0.717, 1.165) is 0 Å². The second-order valence-electron chi connectivity index (χ2n) is 4.40. The topological polar surface area (TPSA) is 78.4 Å². The van der Waals surface area contributed by atoms with E-state index in [1.807, 2.05) is 0 Å². The number of hydrogen-bond donors (Lipinski definition) is 3. The highest BCUT2D eigenvalue weighted by atomic mass is 16.4. The predicted molar refractivity (Wildman–Crippen MR) is 57.6 cm³/mol. The third kappa shape index (κ3) is 6.06. The van der Waals surface area contributed by atoms with Gasteiger partial charge in [-0.2, -0.15) is 0 Å². The third-order valence-corrected chi connectivity index (χ3v) is 2.01. The molecule has 0 saturated carbocycles. The van der Waals surface area contributed by atoms with Crippen LogP contribution in [0.25, 0.3) is 0 Å². The van der Waals surface area contributed by atoms with E-state index in [1.165, 1.54) is 0 Å². The molecule has 3 N–H and O–H groups in total. The molecule has 0 aliphatic rings. The summed E-state index contributed by atoms with van der Waals surface area (Å²) >= 11 is 0. The number of carbonyl (C=O) groups excluding carboxylic acids is 1. The van der Waals surface area contributed by atoms with Crippen LogP contribution in [0.4, 0.5) is 0 Å². The van der Waals surface area contributed by atoms with Gasteiger partial charge < -0.3 is 15.7 Å². The van der Waals surface area contributed by atoms with Crippen LogP contribution >= 0.6 is 0 Å². The Morgan fingerprint density at radius 2 is 1.93 bits per heavy atom. The monoisotopic (exact) mass is 216 g/mol. The van der Waals surface area contributed by atoms with Crippen molar-refractivity contribution in [1.29, 1.82) is 0 Å². The predicted octanol–water partition coefficient (Wildman–Crippen LogP) is 0.211. The van der Waals surface area contributed by atoms with Crippen molar-refractivity contribution in [2.45, 2.75) is 32.7 Å². The quantitative estimate of drug-likeness (QED) is 0.593. The zero-order valence-electron chi connectivity index (χ0n) is 9.76. The molecule has 0 rings (SSSR count). The van der Waals surface area contributed by atoms with Gasteiger partial charge in [0.05, 0.1) is 6.42 Å². The van der Waals surface area contributed by atoms with Crippen molar-refractivity contribution >= 4 is 11.9 Å². The first-order valence-corrected chi connectivity index (χ1v) is 4.97. The van der Waals surface area contributed by atoms with E-state index in [2.05, 4.69) is 10.6 Å². The van der Waals surface area contributed by atoms with Crippen LogP contribution in [0.15, 0.2) is 0 Å². The fourth-order valence-electron chi connectivity index (χ4n) is 1.28. The molecule has 1 unspecified atom stereocenters. The summed E-state index contributed by atoms with van der Waals surface area (Å²) in [6.07, 6.45) is -0.0784. The Bertz CT molecular complexity index is 239. The Labute approximate surface area is 90.2 Å². The standard InChI is InChI=1S/C10H20N2O3/c1-7(6-11-4)9(15)12-10(2,3)5-8(13)14/h7,11H,5-6H2,1-4H3,(H,12,15)(H,13,14). The first-order valence-electron chi connectivity index (χ1n) is 4.97. The van der Waals surface area contributed by atoms with Gasteiger partial charge in [-0.1, -0.05) is 6.92 Å². The SMILES string of the molecule is CNCC(C)C(=O)NC(C)(C)CC(=O)O. The van der Waals surface area contributed by atoms with E-state index >= 15 is 0 Å². The first-order chi connectivity index (χ1) is 6.78. The smallest absolute Gasteiger partial charge is 0.305 e. The maximum atomic E-state index is 11.6. The average Bonchev–Trinajstić information content (AvgIpc) is 2.00. The fraction of sp³-hybridized carbons (Fsp3) is 0.800. The largest absolute Gasteiger partial charge is 0.481 e. The van der Waals surface area contributed by atoms with Crippen LogP contribution in [0.3, 0.4) is 0 Å². The summed E-state index contributed by atoms with van der Waals surface area (Å²) in [6.45, 7) is 5.77. The second kappa shape index (κ2) is 5.70. The van der Waals surface area contributed by atoms with Gasteiger partial charge in [0.15, 0.2) is 0 Å². The van der Waals surface area contributed by atoms with Crippen molar-refractivity contribution in [3.8, 4) is 0 Å². The fourth-order valence-corrected chi connectivity index (χ4v) is 1.28. The summed E-state index contributed by atoms with van der Waals surface area (Å²) < 4.78 is 0. The zero-order valence-corrected chi connectivity index (χ0v) is 9.76. The Morgan fingerprint density at radius 3 is 2.33 bits per heavy atom. The van der Waals surface area contributed by atoms with Crippen LogP contribution in [-0.4, -0.2) is 36.1 Å². The molecule has 0 spiro atoms. The molecule has 0 saturated heterocycles. The number of carbonyl (C=O) groups is 2. The summed E-state index contributed by atoms with van der Waals surface area (Å²) in [5.74, 6) is -1.21. The Morgan fingerprint density at radius 1 is 1.40 bits per heavy atom. The number of aliphatic carboxylic acids is 1. The number of hydrogen-bond acceptors (Lipinski definition) is 3. The van der Waals surface area contributed by atoms with Gasteiger partial charge in [-0.3, -0.25) is 9.59 Å². The van der Waals surface area contributed by atoms with Crippen LogP contribution in [0.1, 0.15) is 27.2 Å². The first kappa shape index (κ1) is 13.9. The van der Waals surface area contributed by atoms with Crippen molar-refractivity contribution in [1.82, 2.24) is 10.6 Å². The van der Waals surface area contributed by atoms with Crippen LogP contribution in [0.2, 0.25) is 0 Å². The van der Waals surface area contributed by atoms with Gasteiger partial charge in [0.25, 0.3) is 0 Å². The molecule has 0 aromatic heterocycles. The van der Waals surface area contributed by atoms with E-state index in [-0.39, 0.29) is 18.2 Å². The molecule has 5 nitrogen and oxygen atoms in total. The summed E-state index contributed by atoms with van der Waals surface area (Å²) in [4.78, 5) is 22.1. The summed E-state index contributed by atoms with van der Waals surface area (Å²) in [6, 6.07) is 0. The molecule has 0 aromatic rings. The highest BCUT2D eigenvalue weighted by molar-refractivity contribution is 5.80. The van der Waals surface area contributed by atoms with E-state index in [1.54, 1.807) is 27.8 Å². The number of carboxylic acid groups (broad SMARTS) is 1. The maximum Gasteiger partial charge on any atom is 0.305 e. The van der Waals surface area contributed by atoms with Crippen LogP contribution in [-0.2, 0) is 9.59 Å². The van der Waals surface area contributed by atoms with Gasteiger partial charge >= 0.3 is 5.97 Å². The highest BCUT2D eigenvalue weighted by Gasteiger charge is 2.25. The van der Waals surface area contributed by atoms with Crippen molar-refractivity contribution in [3.05, 3.63) is 0 Å². The number of amides is 1. The summed E-state index contributed by atoms with van der Waals surface area (Å²) in [5, 5.41) is 14.3. The van der Waals surface area contributed by atoms with E-state index in [9.17, 15) is 9.59 Å². The van der Waals surface area contributed by atoms with Gasteiger partial charge in [0.2, 0.25) is 5.91 Å². The third-order valence-electron chi connectivity index (χ3n) is 2.01. The van der Waals surface area contributed by atoms with Gasteiger partial charge in [0.1, 0.15) is 0 Å². The van der Waals surface area contributed by atoms with Crippen molar-refractivity contribution in [2.75, 3.05) is 13.6 Å². The molecule has 0 bridgehead atoms. The average molecular weight is 216 g/mol. The van der Waals surface area contributed by atoms with Crippen molar-refractivity contribution < 1.29 is 14.7 Å². The van der Waals surface area contributed by atoms with E-state index < -0.39 is 11.5 Å². The summed E-state index contributed by atoms with van der Waals surface area (Å²) in [7, 11) is 1.77. The number of carboxylic acids is 1. The van der Waals surface area contributed by atoms with Gasteiger partial charge in [-0.25, -0.2) is 0 Å². The number of nitrogens with one attached hydrogen (secondary N) is 2. The minimum Gasteiger partial charge on any atom is -0.481 e. The molecule has 88 valence electrons. The molecular weight excluding hydrogens is 196 g/mol. The van der Waals surface area contributed by atoms with Crippen LogP contribution in [0.5, 0.6) is 0 Å². The minimum atomic E-state index is -0.915. The van der Waals surface area contributed by atoms with Crippen molar-refractivity contribution in [3.63, 3.8) is 0 Å². The van der Waals surface area contributed by atoms with Gasteiger partial charge in [-0.15, -0.1) is 0 Å². The molecule has 15 heavy (non-hydrogen) atoms. The molecule has 1 atom stereocenters. The molecule has 5 heteroatoms. The molecule has 0 fully saturated rings. The lowest BCUT2D eigenvalue weighted by atomic mass is 9.99. The molecular formula is C10H20N2O3. The molecule has 0 aliphatic carbocycles. The molecule has 0 aliphatic heterocycles. The lowest BCUT2D eigenvalue weighted by molar-refractivity contribution is -0.138. The van der Waals surface area contributed by atoms with E-state index in [4.69, 9.17) is 5.11 Å². The Balaban J connectivity index is 4.20. The lowest BCUT2D eigenvalue weighted by Crippen LogP contribution is -2.48. The summed E-state index contributed by atoms with van der Waals surface area (Å²) in [5.41, 5.74) is -0.703. The number of rotatable bonds is 6. The van der Waals surface area contributed by atoms with Gasteiger partial charge in [-0.05, 0) is 20.9 Å². The molecule has 0 heterocycles. The minimum absolute atomic E-state index is 0.0784. The van der Waals surface area contributed by atoms with Crippen LogP contribution in [0, 0.1) is 5.92 Å². The maximum absolute atomic E-state index is 11.6. The highest BCUT2D eigenvalue weighted by Crippen LogP contribution is 2.09. The zero-order chi connectivity index (χ0) is 12.1. The van der Waals surface area contributed by atoms with E-state index in [0.29, 0.717) is 6.54 Å². The lowest BCUT2D eigenvalue weighted by Gasteiger charge is -2.26. The Hall–Kier alpha value is -1.10. The van der Waals surface area contributed by atoms with Crippen molar-refractivity contribution in [2.24, 2.45) is 5.92 Å². The Kier molecular flexibility index (Phi) is 5.28. The molecule has 1 amide bonds. The second-order valence-corrected chi connectivity index (χ2v) is 4.40. The van der Waals surface area contributed by atoms with Crippen LogP contribution < -0.4 is 10.6 Å². The molecule has 0 radical (unpaired) electrons. The normalized spacial score (nSPS) is 13.3.